The standard InChI is InChI=1S/C19H20N2O2S/c1-13-7-8-16(17(11-13)24-15-5-3-2-4-6-15)19(23)21-10-9-14(12-21)18(20)22/h2-8,11,14H,9-10,12H2,1H3,(H2,20,22). The lowest BCUT2D eigenvalue weighted by Crippen LogP contribution is -2.32. The Morgan fingerprint density at radius 2 is 1.92 bits per heavy atom. The molecule has 3 rings (SSSR count). The van der Waals surface area contributed by atoms with Gasteiger partial charge in [-0.05, 0) is 43.2 Å². The van der Waals surface area contributed by atoms with E-state index < -0.39 is 0 Å². The van der Waals surface area contributed by atoms with Gasteiger partial charge in [0.05, 0.1) is 11.5 Å². The van der Waals surface area contributed by atoms with Crippen molar-refractivity contribution < 1.29 is 9.59 Å². The van der Waals surface area contributed by atoms with Gasteiger partial charge < -0.3 is 10.6 Å². The molecule has 0 aliphatic carbocycles. The van der Waals surface area contributed by atoms with Gasteiger partial charge in [0.15, 0.2) is 0 Å². The molecule has 2 N–H and O–H groups in total. The summed E-state index contributed by atoms with van der Waals surface area (Å²) in [5.74, 6) is -0.588. The SMILES string of the molecule is Cc1ccc(C(=O)N2CCC(C(N)=O)C2)c(Sc2ccccc2)c1. The van der Waals surface area contributed by atoms with Crippen LogP contribution < -0.4 is 5.73 Å². The minimum atomic E-state index is -0.326. The number of carbonyl (C=O) groups is 2. The Labute approximate surface area is 146 Å². The van der Waals surface area contributed by atoms with Gasteiger partial charge in [0, 0.05) is 22.9 Å². The van der Waals surface area contributed by atoms with Crippen LogP contribution >= 0.6 is 11.8 Å². The van der Waals surface area contributed by atoms with Crippen molar-refractivity contribution in [2.24, 2.45) is 11.7 Å². The monoisotopic (exact) mass is 340 g/mol. The van der Waals surface area contributed by atoms with Crippen molar-refractivity contribution in [2.75, 3.05) is 13.1 Å². The van der Waals surface area contributed by atoms with E-state index in [1.54, 1.807) is 16.7 Å². The average Bonchev–Trinajstić information content (AvgIpc) is 3.06. The van der Waals surface area contributed by atoms with Crippen LogP contribution in [0.25, 0.3) is 0 Å². The van der Waals surface area contributed by atoms with Gasteiger partial charge in [0.1, 0.15) is 0 Å². The van der Waals surface area contributed by atoms with E-state index in [-0.39, 0.29) is 17.7 Å². The molecule has 0 radical (unpaired) electrons. The van der Waals surface area contributed by atoms with Crippen LogP contribution in [0.4, 0.5) is 0 Å². The summed E-state index contributed by atoms with van der Waals surface area (Å²) in [5, 5.41) is 0. The number of hydrogen-bond acceptors (Lipinski definition) is 3. The van der Waals surface area contributed by atoms with Gasteiger partial charge in [-0.2, -0.15) is 0 Å². The second-order valence-corrected chi connectivity index (χ2v) is 7.17. The summed E-state index contributed by atoms with van der Waals surface area (Å²) in [7, 11) is 0. The van der Waals surface area contributed by atoms with Crippen molar-refractivity contribution in [2.45, 2.75) is 23.1 Å². The first-order chi connectivity index (χ1) is 11.5. The van der Waals surface area contributed by atoms with Crippen LogP contribution in [0.2, 0.25) is 0 Å². The molecule has 124 valence electrons. The zero-order valence-corrected chi connectivity index (χ0v) is 14.4. The highest BCUT2D eigenvalue weighted by Gasteiger charge is 2.31. The largest absolute Gasteiger partial charge is 0.369 e. The number of likely N-dealkylation sites (tertiary alicyclic amines) is 1. The average molecular weight is 340 g/mol. The summed E-state index contributed by atoms with van der Waals surface area (Å²) in [4.78, 5) is 28.0. The molecular formula is C19H20N2O2S. The second-order valence-electron chi connectivity index (χ2n) is 6.05. The van der Waals surface area contributed by atoms with E-state index in [1.165, 1.54) is 0 Å². The first-order valence-corrected chi connectivity index (χ1v) is 8.78. The molecule has 1 atom stereocenters. The highest BCUT2D eigenvalue weighted by Crippen LogP contribution is 2.32. The third-order valence-electron chi connectivity index (χ3n) is 4.22. The predicted molar refractivity (Wildman–Crippen MR) is 94.9 cm³/mol. The number of hydrogen-bond donors (Lipinski definition) is 1. The Bertz CT molecular complexity index is 761. The Morgan fingerprint density at radius 1 is 1.17 bits per heavy atom. The van der Waals surface area contributed by atoms with Gasteiger partial charge in [-0.1, -0.05) is 36.0 Å². The molecular weight excluding hydrogens is 320 g/mol. The molecule has 1 heterocycles. The van der Waals surface area contributed by atoms with E-state index in [4.69, 9.17) is 5.73 Å². The normalized spacial score (nSPS) is 17.0. The zero-order chi connectivity index (χ0) is 17.1. The number of primary amides is 1. The molecule has 1 aliphatic rings. The maximum atomic E-state index is 12.9. The van der Waals surface area contributed by atoms with E-state index in [0.29, 0.717) is 25.1 Å². The molecule has 1 saturated heterocycles. The van der Waals surface area contributed by atoms with Crippen LogP contribution in [0.3, 0.4) is 0 Å². The number of nitrogens with two attached hydrogens (primary N) is 1. The second kappa shape index (κ2) is 7.09. The van der Waals surface area contributed by atoms with Crippen LogP contribution in [0.5, 0.6) is 0 Å². The summed E-state index contributed by atoms with van der Waals surface area (Å²) in [6.07, 6.45) is 0.647. The molecule has 2 amide bonds. The molecule has 0 aromatic heterocycles. The van der Waals surface area contributed by atoms with Gasteiger partial charge in [-0.25, -0.2) is 0 Å². The fourth-order valence-electron chi connectivity index (χ4n) is 2.85. The van der Waals surface area contributed by atoms with Gasteiger partial charge in [-0.3, -0.25) is 9.59 Å². The zero-order valence-electron chi connectivity index (χ0n) is 13.6. The summed E-state index contributed by atoms with van der Waals surface area (Å²) >= 11 is 1.58. The van der Waals surface area contributed by atoms with Crippen LogP contribution in [0, 0.1) is 12.8 Å². The topological polar surface area (TPSA) is 63.4 Å². The van der Waals surface area contributed by atoms with Crippen molar-refractivity contribution in [1.29, 1.82) is 0 Å². The van der Waals surface area contributed by atoms with Crippen LogP contribution in [0.15, 0.2) is 58.3 Å². The molecule has 2 aromatic rings. The fourth-order valence-corrected chi connectivity index (χ4v) is 3.91. The summed E-state index contributed by atoms with van der Waals surface area (Å²) in [6, 6.07) is 15.9. The summed E-state index contributed by atoms with van der Waals surface area (Å²) in [6.45, 7) is 3.01. The van der Waals surface area contributed by atoms with Crippen LogP contribution in [-0.2, 0) is 4.79 Å². The molecule has 0 spiro atoms. The van der Waals surface area contributed by atoms with Crippen molar-refractivity contribution in [3.63, 3.8) is 0 Å². The highest BCUT2D eigenvalue weighted by molar-refractivity contribution is 7.99. The maximum absolute atomic E-state index is 12.9. The molecule has 5 heteroatoms. The van der Waals surface area contributed by atoms with Gasteiger partial charge in [0.25, 0.3) is 5.91 Å². The number of amides is 2. The third kappa shape index (κ3) is 3.62. The van der Waals surface area contributed by atoms with Crippen molar-refractivity contribution in [1.82, 2.24) is 4.90 Å². The predicted octanol–water partition coefficient (Wildman–Crippen LogP) is 3.09. The lowest BCUT2D eigenvalue weighted by molar-refractivity contribution is -0.121. The Hall–Kier alpha value is -2.27. The maximum Gasteiger partial charge on any atom is 0.255 e. The third-order valence-corrected chi connectivity index (χ3v) is 5.28. The van der Waals surface area contributed by atoms with E-state index in [1.807, 2.05) is 55.5 Å². The Morgan fingerprint density at radius 3 is 2.58 bits per heavy atom. The number of carbonyl (C=O) groups excluding carboxylic acids is 2. The molecule has 0 bridgehead atoms. The van der Waals surface area contributed by atoms with Crippen molar-refractivity contribution in [3.05, 3.63) is 59.7 Å². The fraction of sp³-hybridized carbons (Fsp3) is 0.263. The van der Waals surface area contributed by atoms with Crippen molar-refractivity contribution in [3.8, 4) is 0 Å². The quantitative estimate of drug-likeness (QED) is 0.930. The minimum absolute atomic E-state index is 0.0304. The number of benzene rings is 2. The van der Waals surface area contributed by atoms with Gasteiger partial charge in [0.2, 0.25) is 5.91 Å². The van der Waals surface area contributed by atoms with Gasteiger partial charge in [-0.15, -0.1) is 0 Å². The molecule has 1 unspecified atom stereocenters. The van der Waals surface area contributed by atoms with E-state index in [0.717, 1.165) is 15.4 Å². The Kier molecular flexibility index (Phi) is 4.90. The Balaban J connectivity index is 1.85. The molecule has 4 nitrogen and oxygen atoms in total. The van der Waals surface area contributed by atoms with E-state index in [9.17, 15) is 9.59 Å². The van der Waals surface area contributed by atoms with Crippen LogP contribution in [-0.4, -0.2) is 29.8 Å². The minimum Gasteiger partial charge on any atom is -0.369 e. The smallest absolute Gasteiger partial charge is 0.255 e. The number of rotatable bonds is 4. The van der Waals surface area contributed by atoms with E-state index in [2.05, 4.69) is 0 Å². The van der Waals surface area contributed by atoms with Crippen molar-refractivity contribution >= 4 is 23.6 Å². The lowest BCUT2D eigenvalue weighted by Gasteiger charge is -2.18. The number of aryl methyl sites for hydroxylation is 1. The summed E-state index contributed by atoms with van der Waals surface area (Å²) in [5.41, 5.74) is 7.16. The lowest BCUT2D eigenvalue weighted by atomic mass is 10.1. The van der Waals surface area contributed by atoms with Gasteiger partial charge >= 0.3 is 0 Å². The first kappa shape index (κ1) is 16.6. The van der Waals surface area contributed by atoms with Crippen LogP contribution in [0.1, 0.15) is 22.3 Å². The molecule has 1 fully saturated rings. The molecule has 1 aliphatic heterocycles. The molecule has 24 heavy (non-hydrogen) atoms. The molecule has 0 saturated carbocycles. The number of nitrogens with zero attached hydrogens (tertiary/aromatic N) is 1. The van der Waals surface area contributed by atoms with E-state index >= 15 is 0 Å². The first-order valence-electron chi connectivity index (χ1n) is 7.97. The summed E-state index contributed by atoms with van der Waals surface area (Å²) < 4.78 is 0. The molecule has 2 aromatic carbocycles. The highest BCUT2D eigenvalue weighted by atomic mass is 32.2.